The Morgan fingerprint density at radius 1 is 1.33 bits per heavy atom. The molecule has 0 radical (unpaired) electrons. The Labute approximate surface area is 120 Å². The maximum Gasteiger partial charge on any atom is 0.112 e. The van der Waals surface area contributed by atoms with Crippen molar-refractivity contribution >= 4 is 44.3 Å². The van der Waals surface area contributed by atoms with Crippen LogP contribution in [0.4, 0.5) is 5.69 Å². The predicted molar refractivity (Wildman–Crippen MR) is 80.5 cm³/mol. The van der Waals surface area contributed by atoms with Gasteiger partial charge in [-0.2, -0.15) is 0 Å². The molecule has 0 aliphatic carbocycles. The van der Waals surface area contributed by atoms with Gasteiger partial charge in [0, 0.05) is 35.8 Å². The fraction of sp³-hybridized carbons (Fsp3) is 0.385. The minimum Gasteiger partial charge on any atom is -0.368 e. The summed E-state index contributed by atoms with van der Waals surface area (Å²) >= 11 is 9.29. The summed E-state index contributed by atoms with van der Waals surface area (Å²) in [5.41, 5.74) is 2.94. The van der Waals surface area contributed by atoms with Crippen molar-refractivity contribution in [2.45, 2.75) is 13.3 Å². The molecule has 0 aliphatic heterocycles. The van der Waals surface area contributed by atoms with Gasteiger partial charge in [-0.15, -0.1) is 11.6 Å². The average molecular weight is 329 g/mol. The van der Waals surface area contributed by atoms with Crippen molar-refractivity contribution in [1.29, 1.82) is 0 Å². The first kappa shape index (κ1) is 13.6. The van der Waals surface area contributed by atoms with Crippen molar-refractivity contribution in [2.24, 2.45) is 0 Å². The van der Waals surface area contributed by atoms with Crippen LogP contribution in [-0.4, -0.2) is 28.9 Å². The first-order valence-corrected chi connectivity index (χ1v) is 7.30. The summed E-state index contributed by atoms with van der Waals surface area (Å²) < 4.78 is 0.944. The normalized spacial score (nSPS) is 10.8. The van der Waals surface area contributed by atoms with Gasteiger partial charge in [0.15, 0.2) is 0 Å². The molecule has 96 valence electrons. The van der Waals surface area contributed by atoms with E-state index in [1.165, 1.54) is 0 Å². The highest BCUT2D eigenvalue weighted by atomic mass is 79.9. The van der Waals surface area contributed by atoms with E-state index < -0.39 is 0 Å². The van der Waals surface area contributed by atoms with Crippen molar-refractivity contribution in [3.8, 4) is 0 Å². The minimum absolute atomic E-state index is 0.611. The lowest BCUT2D eigenvalue weighted by Gasteiger charge is -2.24. The van der Waals surface area contributed by atoms with Gasteiger partial charge >= 0.3 is 0 Å². The van der Waals surface area contributed by atoms with Gasteiger partial charge in [-0.25, -0.2) is 0 Å². The number of alkyl halides is 1. The summed E-state index contributed by atoms with van der Waals surface area (Å²) in [4.78, 5) is 11.1. The van der Waals surface area contributed by atoms with E-state index in [1.54, 1.807) is 6.20 Å². The Kier molecular flexibility index (Phi) is 4.78. The molecule has 2 aromatic heterocycles. The van der Waals surface area contributed by atoms with Crippen LogP contribution in [0.1, 0.15) is 13.3 Å². The smallest absolute Gasteiger partial charge is 0.112 e. The Morgan fingerprint density at radius 2 is 2.17 bits per heavy atom. The number of hydrogen-bond donors (Lipinski definition) is 0. The van der Waals surface area contributed by atoms with Crippen LogP contribution in [0.5, 0.6) is 0 Å². The molecule has 0 atom stereocenters. The number of aromatic nitrogens is 2. The third-order valence-electron chi connectivity index (χ3n) is 2.71. The molecule has 3 nitrogen and oxygen atoms in total. The van der Waals surface area contributed by atoms with Crippen LogP contribution in [0.25, 0.3) is 11.0 Å². The number of anilines is 1. The summed E-state index contributed by atoms with van der Waals surface area (Å²) in [5, 5.41) is 0. The maximum atomic E-state index is 5.87. The largest absolute Gasteiger partial charge is 0.368 e. The lowest BCUT2D eigenvalue weighted by atomic mass is 10.2. The van der Waals surface area contributed by atoms with E-state index in [9.17, 15) is 0 Å². The highest BCUT2D eigenvalue weighted by Crippen LogP contribution is 2.25. The van der Waals surface area contributed by atoms with E-state index in [0.717, 1.165) is 40.7 Å². The number of nitrogens with zero attached hydrogens (tertiary/aromatic N) is 3. The van der Waals surface area contributed by atoms with Crippen LogP contribution in [0.2, 0.25) is 0 Å². The summed E-state index contributed by atoms with van der Waals surface area (Å²) in [6, 6.07) is 3.99. The van der Waals surface area contributed by atoms with E-state index in [-0.39, 0.29) is 0 Å². The molecule has 0 N–H and O–H groups in total. The van der Waals surface area contributed by atoms with Gasteiger partial charge in [-0.1, -0.05) is 6.92 Å². The maximum absolute atomic E-state index is 5.87. The second-order valence-corrected chi connectivity index (χ2v) is 5.32. The molecule has 0 amide bonds. The van der Waals surface area contributed by atoms with E-state index in [1.807, 2.05) is 18.3 Å². The summed E-state index contributed by atoms with van der Waals surface area (Å²) in [7, 11) is 0. The molecule has 2 heterocycles. The standard InChI is InChI=1S/C13H15BrClN3/c1-2-6-18(7-4-15)12-3-5-16-11-8-10(14)9-17-13(11)12/h3,5,8-9H,2,4,6-7H2,1H3. The van der Waals surface area contributed by atoms with Crippen molar-refractivity contribution in [3.05, 3.63) is 29.0 Å². The van der Waals surface area contributed by atoms with E-state index in [2.05, 4.69) is 37.7 Å². The van der Waals surface area contributed by atoms with E-state index >= 15 is 0 Å². The lowest BCUT2D eigenvalue weighted by molar-refractivity contribution is 0.796. The fourth-order valence-corrected chi connectivity index (χ4v) is 2.49. The Balaban J connectivity index is 2.48. The van der Waals surface area contributed by atoms with E-state index in [4.69, 9.17) is 11.6 Å². The van der Waals surface area contributed by atoms with Crippen molar-refractivity contribution in [3.63, 3.8) is 0 Å². The Bertz CT molecular complexity index is 527. The topological polar surface area (TPSA) is 29.0 Å². The number of halogens is 2. The number of hydrogen-bond acceptors (Lipinski definition) is 3. The van der Waals surface area contributed by atoms with Crippen LogP contribution in [0.3, 0.4) is 0 Å². The molecule has 0 aromatic carbocycles. The highest BCUT2D eigenvalue weighted by Gasteiger charge is 2.10. The summed E-state index contributed by atoms with van der Waals surface area (Å²) in [5.74, 6) is 0.611. The quantitative estimate of drug-likeness (QED) is 0.781. The molecular formula is C13H15BrClN3. The number of fused-ring (bicyclic) bond motifs is 1. The highest BCUT2D eigenvalue weighted by molar-refractivity contribution is 9.10. The van der Waals surface area contributed by atoms with Gasteiger partial charge in [-0.05, 0) is 34.5 Å². The average Bonchev–Trinajstić information content (AvgIpc) is 2.37. The van der Waals surface area contributed by atoms with Crippen LogP contribution >= 0.6 is 27.5 Å². The van der Waals surface area contributed by atoms with Gasteiger partial charge in [0.2, 0.25) is 0 Å². The van der Waals surface area contributed by atoms with Crippen molar-refractivity contribution < 1.29 is 0 Å². The minimum atomic E-state index is 0.611. The molecule has 2 rings (SSSR count). The van der Waals surface area contributed by atoms with Gasteiger partial charge in [0.25, 0.3) is 0 Å². The van der Waals surface area contributed by atoms with Gasteiger partial charge in [-0.3, -0.25) is 9.97 Å². The molecule has 0 saturated heterocycles. The van der Waals surface area contributed by atoms with Crippen LogP contribution in [0, 0.1) is 0 Å². The van der Waals surface area contributed by atoms with Crippen LogP contribution in [0.15, 0.2) is 29.0 Å². The first-order chi connectivity index (χ1) is 8.76. The van der Waals surface area contributed by atoms with Gasteiger partial charge < -0.3 is 4.90 Å². The zero-order chi connectivity index (χ0) is 13.0. The van der Waals surface area contributed by atoms with Crippen molar-refractivity contribution in [2.75, 3.05) is 23.9 Å². The summed E-state index contributed by atoms with van der Waals surface area (Å²) in [6.45, 7) is 3.96. The second kappa shape index (κ2) is 6.34. The van der Waals surface area contributed by atoms with Crippen LogP contribution < -0.4 is 4.90 Å². The van der Waals surface area contributed by atoms with Gasteiger partial charge in [0.1, 0.15) is 5.52 Å². The second-order valence-electron chi connectivity index (χ2n) is 4.03. The lowest BCUT2D eigenvalue weighted by Crippen LogP contribution is -2.26. The summed E-state index contributed by atoms with van der Waals surface area (Å²) in [6.07, 6.45) is 4.71. The molecule has 18 heavy (non-hydrogen) atoms. The molecule has 0 spiro atoms. The molecule has 0 saturated carbocycles. The Morgan fingerprint density at radius 3 is 2.89 bits per heavy atom. The predicted octanol–water partition coefficient (Wildman–Crippen LogP) is 3.85. The number of pyridine rings is 2. The molecule has 0 bridgehead atoms. The van der Waals surface area contributed by atoms with Crippen LogP contribution in [-0.2, 0) is 0 Å². The fourth-order valence-electron chi connectivity index (χ4n) is 1.97. The molecule has 0 fully saturated rings. The molecule has 2 aromatic rings. The Hall–Kier alpha value is -0.870. The van der Waals surface area contributed by atoms with E-state index in [0.29, 0.717) is 5.88 Å². The monoisotopic (exact) mass is 327 g/mol. The SMILES string of the molecule is CCCN(CCCl)c1ccnc2cc(Br)cnc12. The van der Waals surface area contributed by atoms with Crippen molar-refractivity contribution in [1.82, 2.24) is 9.97 Å². The zero-order valence-electron chi connectivity index (χ0n) is 10.2. The molecule has 0 unspecified atom stereocenters. The molecular weight excluding hydrogens is 314 g/mol. The first-order valence-electron chi connectivity index (χ1n) is 5.97. The third-order valence-corrected chi connectivity index (χ3v) is 3.31. The molecule has 0 aliphatic rings. The van der Waals surface area contributed by atoms with Gasteiger partial charge in [0.05, 0.1) is 11.2 Å². The molecule has 5 heteroatoms. The zero-order valence-corrected chi connectivity index (χ0v) is 12.6. The third kappa shape index (κ3) is 2.93. The number of rotatable bonds is 5.